The maximum atomic E-state index is 12.6. The van der Waals surface area contributed by atoms with Crippen LogP contribution >= 0.6 is 0 Å². The lowest BCUT2D eigenvalue weighted by atomic mass is 10.1. The standard InChI is InChI=1S/C23H30N4O2/c1-20(28)25(14-7-10-21-8-3-2-4-9-21)15-12-23(29)27-18-16-26(17-19-27)22-11-5-6-13-24-22/h2-6,8-9,11,13H,7,10,12,14-19H2,1H3. The molecule has 6 nitrogen and oxygen atoms in total. The first-order valence-corrected chi connectivity index (χ1v) is 10.4. The molecule has 154 valence electrons. The van der Waals surface area contributed by atoms with E-state index in [4.69, 9.17) is 0 Å². The summed E-state index contributed by atoms with van der Waals surface area (Å²) in [4.78, 5) is 34.9. The van der Waals surface area contributed by atoms with Gasteiger partial charge in [-0.25, -0.2) is 4.98 Å². The van der Waals surface area contributed by atoms with Gasteiger partial charge in [-0.3, -0.25) is 9.59 Å². The van der Waals surface area contributed by atoms with Crippen molar-refractivity contribution in [2.75, 3.05) is 44.2 Å². The van der Waals surface area contributed by atoms with Crippen molar-refractivity contribution in [3.05, 3.63) is 60.3 Å². The van der Waals surface area contributed by atoms with Crippen molar-refractivity contribution in [3.8, 4) is 0 Å². The fraction of sp³-hybridized carbons (Fsp3) is 0.435. The fourth-order valence-corrected chi connectivity index (χ4v) is 3.66. The first-order chi connectivity index (χ1) is 14.1. The number of benzene rings is 1. The summed E-state index contributed by atoms with van der Waals surface area (Å²) in [5.41, 5.74) is 1.28. The molecule has 0 spiro atoms. The van der Waals surface area contributed by atoms with Gasteiger partial charge in [0, 0.05) is 58.8 Å². The number of aromatic nitrogens is 1. The second kappa shape index (κ2) is 10.6. The SMILES string of the molecule is CC(=O)N(CCCc1ccccc1)CCC(=O)N1CCN(c2ccccn2)CC1. The van der Waals surface area contributed by atoms with E-state index in [2.05, 4.69) is 22.0 Å². The van der Waals surface area contributed by atoms with Crippen molar-refractivity contribution in [2.24, 2.45) is 0 Å². The fourth-order valence-electron chi connectivity index (χ4n) is 3.66. The van der Waals surface area contributed by atoms with Crippen molar-refractivity contribution >= 4 is 17.6 Å². The van der Waals surface area contributed by atoms with Gasteiger partial charge in [0.1, 0.15) is 5.82 Å². The van der Waals surface area contributed by atoms with Crippen LogP contribution in [0.1, 0.15) is 25.3 Å². The molecule has 0 saturated carbocycles. The third-order valence-corrected chi connectivity index (χ3v) is 5.38. The molecule has 2 aromatic rings. The quantitative estimate of drug-likeness (QED) is 0.691. The average Bonchev–Trinajstić information content (AvgIpc) is 2.77. The van der Waals surface area contributed by atoms with Gasteiger partial charge < -0.3 is 14.7 Å². The van der Waals surface area contributed by atoms with E-state index in [1.807, 2.05) is 41.3 Å². The second-order valence-electron chi connectivity index (χ2n) is 7.40. The number of aryl methyl sites for hydroxylation is 1. The Labute approximate surface area is 173 Å². The summed E-state index contributed by atoms with van der Waals surface area (Å²) < 4.78 is 0. The van der Waals surface area contributed by atoms with Gasteiger partial charge in [0.15, 0.2) is 0 Å². The van der Waals surface area contributed by atoms with Gasteiger partial charge in [-0.15, -0.1) is 0 Å². The van der Waals surface area contributed by atoms with E-state index >= 15 is 0 Å². The molecule has 1 aromatic carbocycles. The highest BCUT2D eigenvalue weighted by Gasteiger charge is 2.22. The predicted molar refractivity (Wildman–Crippen MR) is 115 cm³/mol. The second-order valence-corrected chi connectivity index (χ2v) is 7.40. The number of pyridine rings is 1. The van der Waals surface area contributed by atoms with Crippen LogP contribution < -0.4 is 4.90 Å². The Morgan fingerprint density at radius 2 is 1.69 bits per heavy atom. The van der Waals surface area contributed by atoms with E-state index in [0.717, 1.165) is 31.7 Å². The number of carbonyl (C=O) groups excluding carboxylic acids is 2. The number of hydrogen-bond donors (Lipinski definition) is 0. The monoisotopic (exact) mass is 394 g/mol. The minimum Gasteiger partial charge on any atom is -0.353 e. The van der Waals surface area contributed by atoms with Crippen LogP contribution in [0.25, 0.3) is 0 Å². The summed E-state index contributed by atoms with van der Waals surface area (Å²) in [7, 11) is 0. The predicted octanol–water partition coefficient (Wildman–Crippen LogP) is 2.60. The molecule has 1 aromatic heterocycles. The van der Waals surface area contributed by atoms with E-state index in [0.29, 0.717) is 32.6 Å². The van der Waals surface area contributed by atoms with Crippen molar-refractivity contribution in [1.82, 2.24) is 14.8 Å². The smallest absolute Gasteiger partial charge is 0.224 e. The van der Waals surface area contributed by atoms with Gasteiger partial charge in [0.05, 0.1) is 0 Å². The minimum atomic E-state index is 0.0332. The largest absolute Gasteiger partial charge is 0.353 e. The van der Waals surface area contributed by atoms with Crippen LogP contribution in [0.3, 0.4) is 0 Å². The van der Waals surface area contributed by atoms with E-state index in [-0.39, 0.29) is 11.8 Å². The number of piperazine rings is 1. The summed E-state index contributed by atoms with van der Waals surface area (Å²) in [6, 6.07) is 16.2. The molecule has 3 rings (SSSR count). The van der Waals surface area contributed by atoms with Gasteiger partial charge in [-0.2, -0.15) is 0 Å². The Bertz CT molecular complexity index is 774. The lowest BCUT2D eigenvalue weighted by molar-refractivity contribution is -0.133. The zero-order chi connectivity index (χ0) is 20.5. The van der Waals surface area contributed by atoms with Gasteiger partial charge in [-0.1, -0.05) is 36.4 Å². The van der Waals surface area contributed by atoms with E-state index in [1.54, 1.807) is 18.0 Å². The highest BCUT2D eigenvalue weighted by Crippen LogP contribution is 2.13. The van der Waals surface area contributed by atoms with Gasteiger partial charge >= 0.3 is 0 Å². The number of nitrogens with zero attached hydrogens (tertiary/aromatic N) is 4. The Hall–Kier alpha value is -2.89. The number of hydrogen-bond acceptors (Lipinski definition) is 4. The molecule has 0 radical (unpaired) electrons. The maximum absolute atomic E-state index is 12.6. The zero-order valence-electron chi connectivity index (χ0n) is 17.2. The normalized spacial score (nSPS) is 14.0. The Morgan fingerprint density at radius 3 is 2.34 bits per heavy atom. The van der Waals surface area contributed by atoms with Crippen LogP contribution in [-0.2, 0) is 16.0 Å². The van der Waals surface area contributed by atoms with E-state index < -0.39 is 0 Å². The van der Waals surface area contributed by atoms with Gasteiger partial charge in [0.25, 0.3) is 0 Å². The minimum absolute atomic E-state index is 0.0332. The number of rotatable bonds is 8. The molecule has 0 bridgehead atoms. The zero-order valence-corrected chi connectivity index (χ0v) is 17.2. The molecular weight excluding hydrogens is 364 g/mol. The van der Waals surface area contributed by atoms with Crippen LogP contribution in [-0.4, -0.2) is 65.9 Å². The molecule has 2 heterocycles. The highest BCUT2D eigenvalue weighted by molar-refractivity contribution is 5.78. The third-order valence-electron chi connectivity index (χ3n) is 5.38. The number of anilines is 1. The van der Waals surface area contributed by atoms with Crippen molar-refractivity contribution in [3.63, 3.8) is 0 Å². The van der Waals surface area contributed by atoms with E-state index in [1.165, 1.54) is 5.56 Å². The third kappa shape index (κ3) is 6.31. The Kier molecular flexibility index (Phi) is 7.61. The van der Waals surface area contributed by atoms with Crippen LogP contribution in [0, 0.1) is 0 Å². The maximum Gasteiger partial charge on any atom is 0.224 e. The summed E-state index contributed by atoms with van der Waals surface area (Å²) in [6.45, 7) is 5.73. The topological polar surface area (TPSA) is 56.8 Å². The lowest BCUT2D eigenvalue weighted by Crippen LogP contribution is -2.49. The van der Waals surface area contributed by atoms with Crippen molar-refractivity contribution in [1.29, 1.82) is 0 Å². The summed E-state index contributed by atoms with van der Waals surface area (Å²) in [5.74, 6) is 1.12. The molecule has 2 amide bonds. The highest BCUT2D eigenvalue weighted by atomic mass is 16.2. The molecule has 1 aliphatic heterocycles. The summed E-state index contributed by atoms with van der Waals surface area (Å²) in [5, 5.41) is 0. The van der Waals surface area contributed by atoms with Crippen LogP contribution in [0.5, 0.6) is 0 Å². The average molecular weight is 395 g/mol. The van der Waals surface area contributed by atoms with Gasteiger partial charge in [-0.05, 0) is 30.5 Å². The van der Waals surface area contributed by atoms with Crippen LogP contribution in [0.15, 0.2) is 54.7 Å². The summed E-state index contributed by atoms with van der Waals surface area (Å²) in [6.07, 6.45) is 4.02. The molecule has 0 atom stereocenters. The number of amides is 2. The molecule has 0 N–H and O–H groups in total. The lowest BCUT2D eigenvalue weighted by Gasteiger charge is -2.35. The first-order valence-electron chi connectivity index (χ1n) is 10.4. The van der Waals surface area contributed by atoms with Gasteiger partial charge in [0.2, 0.25) is 11.8 Å². The molecule has 1 saturated heterocycles. The molecule has 0 unspecified atom stereocenters. The molecule has 1 aliphatic rings. The first kappa shape index (κ1) is 20.8. The summed E-state index contributed by atoms with van der Waals surface area (Å²) >= 11 is 0. The van der Waals surface area contributed by atoms with Crippen LogP contribution in [0.4, 0.5) is 5.82 Å². The van der Waals surface area contributed by atoms with Crippen molar-refractivity contribution in [2.45, 2.75) is 26.2 Å². The molecule has 0 aliphatic carbocycles. The Morgan fingerprint density at radius 1 is 0.966 bits per heavy atom. The molecule has 29 heavy (non-hydrogen) atoms. The van der Waals surface area contributed by atoms with E-state index in [9.17, 15) is 9.59 Å². The molecule has 1 fully saturated rings. The van der Waals surface area contributed by atoms with Crippen molar-refractivity contribution < 1.29 is 9.59 Å². The Balaban J connectivity index is 1.40. The molecule has 6 heteroatoms. The van der Waals surface area contributed by atoms with Crippen LogP contribution in [0.2, 0.25) is 0 Å². The number of carbonyl (C=O) groups is 2. The molecular formula is C23H30N4O2.